The molecule has 0 saturated carbocycles. The number of hydrogen-bond acceptors (Lipinski definition) is 5. The molecule has 0 spiro atoms. The first-order valence-corrected chi connectivity index (χ1v) is 10.1. The van der Waals surface area contributed by atoms with Crippen molar-refractivity contribution in [1.29, 1.82) is 0 Å². The number of halogens is 2. The highest BCUT2D eigenvalue weighted by Gasteiger charge is 2.17. The number of amides is 1. The van der Waals surface area contributed by atoms with E-state index < -0.39 is 52.4 Å². The van der Waals surface area contributed by atoms with Crippen LogP contribution in [0.2, 0.25) is 0 Å². The molecule has 3 aromatic rings. The Morgan fingerprint density at radius 2 is 1.67 bits per heavy atom. The van der Waals surface area contributed by atoms with Gasteiger partial charge in [-0.1, -0.05) is 30.3 Å². The van der Waals surface area contributed by atoms with E-state index in [0.29, 0.717) is 5.39 Å². The lowest BCUT2D eigenvalue weighted by atomic mass is 10.1. The number of anilines is 1. The maximum Gasteiger partial charge on any atom is 0.321 e. The highest BCUT2D eigenvalue weighted by molar-refractivity contribution is 7.89. The van der Waals surface area contributed by atoms with Gasteiger partial charge in [0, 0.05) is 6.07 Å². The quantitative estimate of drug-likeness (QED) is 0.557. The standard InChI is InChI=1S/C20H16F2N2O5S/c21-15-6-8-17(22)18(10-15)24-19(25)12-29-20(26)11-23-30(27,28)16-7-5-13-3-1-2-4-14(13)9-16/h1-10,23H,11-12H2,(H,24,25). The van der Waals surface area contributed by atoms with Gasteiger partial charge in [-0.25, -0.2) is 17.2 Å². The van der Waals surface area contributed by atoms with E-state index in [1.54, 1.807) is 18.2 Å². The van der Waals surface area contributed by atoms with Crippen LogP contribution < -0.4 is 10.0 Å². The summed E-state index contributed by atoms with van der Waals surface area (Å²) in [5, 5.41) is 3.62. The van der Waals surface area contributed by atoms with Gasteiger partial charge in [0.2, 0.25) is 10.0 Å². The average molecular weight is 434 g/mol. The normalized spacial score (nSPS) is 11.3. The molecule has 0 aliphatic rings. The van der Waals surface area contributed by atoms with Crippen molar-refractivity contribution in [3.8, 4) is 0 Å². The van der Waals surface area contributed by atoms with Crippen LogP contribution in [0.4, 0.5) is 14.5 Å². The maximum atomic E-state index is 13.5. The SMILES string of the molecule is O=C(COC(=O)CNS(=O)(=O)c1ccc2ccccc2c1)Nc1cc(F)ccc1F. The number of carbonyl (C=O) groups is 2. The Hall–Kier alpha value is -3.37. The molecule has 0 bridgehead atoms. The molecule has 0 fully saturated rings. The summed E-state index contributed by atoms with van der Waals surface area (Å²) in [5.41, 5.74) is -0.409. The van der Waals surface area contributed by atoms with E-state index in [-0.39, 0.29) is 4.90 Å². The van der Waals surface area contributed by atoms with Gasteiger partial charge in [-0.2, -0.15) is 4.72 Å². The number of fused-ring (bicyclic) bond motifs is 1. The smallest absolute Gasteiger partial charge is 0.321 e. The van der Waals surface area contributed by atoms with Crippen LogP contribution >= 0.6 is 0 Å². The fourth-order valence-electron chi connectivity index (χ4n) is 2.55. The van der Waals surface area contributed by atoms with Crippen LogP contribution in [0.15, 0.2) is 65.6 Å². The molecule has 30 heavy (non-hydrogen) atoms. The number of nitrogens with one attached hydrogen (secondary N) is 2. The van der Waals surface area contributed by atoms with Crippen molar-refractivity contribution in [2.24, 2.45) is 0 Å². The molecule has 10 heteroatoms. The highest BCUT2D eigenvalue weighted by atomic mass is 32.2. The maximum absolute atomic E-state index is 13.5. The summed E-state index contributed by atoms with van der Waals surface area (Å²) < 4.78 is 58.0. The van der Waals surface area contributed by atoms with Crippen molar-refractivity contribution < 1.29 is 31.5 Å². The molecule has 1 amide bonds. The molecule has 0 heterocycles. The Bertz CT molecular complexity index is 1210. The van der Waals surface area contributed by atoms with Gasteiger partial charge in [0.25, 0.3) is 5.91 Å². The molecular weight excluding hydrogens is 418 g/mol. The summed E-state index contributed by atoms with van der Waals surface area (Å²) in [6.45, 7) is -1.51. The Kier molecular flexibility index (Phi) is 6.38. The highest BCUT2D eigenvalue weighted by Crippen LogP contribution is 2.19. The zero-order valence-corrected chi connectivity index (χ0v) is 16.2. The predicted octanol–water partition coefficient (Wildman–Crippen LogP) is 2.58. The van der Waals surface area contributed by atoms with Gasteiger partial charge < -0.3 is 10.1 Å². The number of hydrogen-bond donors (Lipinski definition) is 2. The number of sulfonamides is 1. The van der Waals surface area contributed by atoms with Gasteiger partial charge in [0.05, 0.1) is 10.6 Å². The van der Waals surface area contributed by atoms with E-state index in [4.69, 9.17) is 0 Å². The van der Waals surface area contributed by atoms with Gasteiger partial charge in [-0.15, -0.1) is 0 Å². The van der Waals surface area contributed by atoms with Crippen LogP contribution in [0.3, 0.4) is 0 Å². The average Bonchev–Trinajstić information content (AvgIpc) is 2.73. The van der Waals surface area contributed by atoms with Crippen LogP contribution in [0.25, 0.3) is 10.8 Å². The molecule has 3 aromatic carbocycles. The minimum atomic E-state index is -3.99. The minimum Gasteiger partial charge on any atom is -0.455 e. The van der Waals surface area contributed by atoms with Crippen LogP contribution in [0, 0.1) is 11.6 Å². The molecular formula is C20H16F2N2O5S. The predicted molar refractivity (Wildman–Crippen MR) is 105 cm³/mol. The monoisotopic (exact) mass is 434 g/mol. The van der Waals surface area contributed by atoms with E-state index in [2.05, 4.69) is 14.8 Å². The molecule has 0 saturated heterocycles. The zero-order valence-electron chi connectivity index (χ0n) is 15.4. The molecule has 0 atom stereocenters. The minimum absolute atomic E-state index is 0.0340. The molecule has 3 rings (SSSR count). The third kappa shape index (κ3) is 5.37. The number of carbonyl (C=O) groups excluding carboxylic acids is 2. The second kappa shape index (κ2) is 8.97. The number of benzene rings is 3. The topological polar surface area (TPSA) is 102 Å². The lowest BCUT2D eigenvalue weighted by Gasteiger charge is -2.09. The molecule has 7 nitrogen and oxygen atoms in total. The summed E-state index contributed by atoms with van der Waals surface area (Å²) in [4.78, 5) is 23.4. The third-order valence-corrected chi connectivity index (χ3v) is 5.40. The lowest BCUT2D eigenvalue weighted by molar-refractivity contribution is -0.146. The summed E-state index contributed by atoms with van der Waals surface area (Å²) in [6.07, 6.45) is 0. The molecule has 0 aliphatic heterocycles. The fourth-order valence-corrected chi connectivity index (χ4v) is 3.55. The van der Waals surface area contributed by atoms with E-state index in [0.717, 1.165) is 23.6 Å². The lowest BCUT2D eigenvalue weighted by Crippen LogP contribution is -2.32. The van der Waals surface area contributed by atoms with E-state index in [1.807, 2.05) is 12.1 Å². The Labute approximate surface area is 170 Å². The van der Waals surface area contributed by atoms with Gasteiger partial charge in [0.1, 0.15) is 18.2 Å². The van der Waals surface area contributed by atoms with Crippen molar-refractivity contribution in [2.45, 2.75) is 4.90 Å². The number of rotatable bonds is 7. The van der Waals surface area contributed by atoms with Gasteiger partial charge >= 0.3 is 5.97 Å². The van der Waals surface area contributed by atoms with Crippen molar-refractivity contribution in [1.82, 2.24) is 4.72 Å². The molecule has 2 N–H and O–H groups in total. The fraction of sp³-hybridized carbons (Fsp3) is 0.100. The third-order valence-electron chi connectivity index (χ3n) is 4.00. The number of esters is 1. The van der Waals surface area contributed by atoms with Crippen LogP contribution in [0.1, 0.15) is 0 Å². The van der Waals surface area contributed by atoms with E-state index >= 15 is 0 Å². The molecule has 0 aromatic heterocycles. The van der Waals surface area contributed by atoms with Crippen LogP contribution in [0.5, 0.6) is 0 Å². The first kappa shape index (κ1) is 21.3. The first-order valence-electron chi connectivity index (χ1n) is 8.63. The first-order chi connectivity index (χ1) is 14.2. The van der Waals surface area contributed by atoms with E-state index in [9.17, 15) is 26.8 Å². The second-order valence-corrected chi connectivity index (χ2v) is 7.93. The Morgan fingerprint density at radius 3 is 2.43 bits per heavy atom. The molecule has 156 valence electrons. The Morgan fingerprint density at radius 1 is 0.933 bits per heavy atom. The van der Waals surface area contributed by atoms with Crippen molar-refractivity contribution in [3.63, 3.8) is 0 Å². The van der Waals surface area contributed by atoms with Gasteiger partial charge in [-0.05, 0) is 35.0 Å². The molecule has 0 unspecified atom stereocenters. The zero-order chi connectivity index (χ0) is 21.7. The van der Waals surface area contributed by atoms with Crippen LogP contribution in [-0.4, -0.2) is 33.4 Å². The second-order valence-electron chi connectivity index (χ2n) is 6.17. The summed E-state index contributed by atoms with van der Waals surface area (Å²) >= 11 is 0. The number of ether oxygens (including phenoxy) is 1. The Balaban J connectivity index is 1.53. The summed E-state index contributed by atoms with van der Waals surface area (Å²) in [7, 11) is -3.99. The van der Waals surface area contributed by atoms with Crippen LogP contribution in [-0.2, 0) is 24.3 Å². The van der Waals surface area contributed by atoms with Crippen molar-refractivity contribution in [3.05, 3.63) is 72.3 Å². The van der Waals surface area contributed by atoms with Gasteiger partial charge in [0.15, 0.2) is 6.61 Å². The van der Waals surface area contributed by atoms with Gasteiger partial charge in [-0.3, -0.25) is 9.59 Å². The summed E-state index contributed by atoms with van der Waals surface area (Å²) in [5.74, 6) is -3.55. The molecule has 0 aliphatic carbocycles. The largest absolute Gasteiger partial charge is 0.455 e. The van der Waals surface area contributed by atoms with E-state index in [1.165, 1.54) is 12.1 Å². The summed E-state index contributed by atoms with van der Waals surface area (Å²) in [6, 6.07) is 14.2. The molecule has 0 radical (unpaired) electrons. The van der Waals surface area contributed by atoms with Crippen molar-refractivity contribution in [2.75, 3.05) is 18.5 Å². The van der Waals surface area contributed by atoms with Crippen molar-refractivity contribution >= 4 is 38.4 Å².